The van der Waals surface area contributed by atoms with Crippen LogP contribution >= 0.6 is 0 Å². The molecule has 1 saturated heterocycles. The first kappa shape index (κ1) is 18.7. The summed E-state index contributed by atoms with van der Waals surface area (Å²) in [4.78, 5) is 15.6. The van der Waals surface area contributed by atoms with Gasteiger partial charge in [-0.3, -0.25) is 0 Å². The summed E-state index contributed by atoms with van der Waals surface area (Å²) in [6.45, 7) is 6.93. The van der Waals surface area contributed by atoms with Crippen LogP contribution in [0.1, 0.15) is 31.0 Å². The Morgan fingerprint density at radius 1 is 1.00 bits per heavy atom. The highest BCUT2D eigenvalue weighted by atomic mass is 16.5. The van der Waals surface area contributed by atoms with Crippen LogP contribution in [0.3, 0.4) is 0 Å². The number of aromatic nitrogens is 4. The average molecular weight is 378 g/mol. The largest absolute Gasteiger partial charge is 0.338 e. The van der Waals surface area contributed by atoms with Crippen LogP contribution in [-0.4, -0.2) is 51.2 Å². The summed E-state index contributed by atoms with van der Waals surface area (Å²) in [5.41, 5.74) is 2.88. The number of aryl methyl sites for hydroxylation is 1. The van der Waals surface area contributed by atoms with E-state index in [4.69, 9.17) is 4.52 Å². The second-order valence-corrected chi connectivity index (χ2v) is 7.16. The lowest BCUT2D eigenvalue weighted by Crippen LogP contribution is -2.35. The molecule has 1 aromatic carbocycles. The molecule has 2 aromatic heterocycles. The fraction of sp³-hybridized carbons (Fsp3) is 0.429. The van der Waals surface area contributed by atoms with Crippen LogP contribution in [0.2, 0.25) is 0 Å². The second-order valence-electron chi connectivity index (χ2n) is 7.16. The highest BCUT2D eigenvalue weighted by Crippen LogP contribution is 2.22. The van der Waals surface area contributed by atoms with Gasteiger partial charge in [0.15, 0.2) is 0 Å². The van der Waals surface area contributed by atoms with Crippen molar-refractivity contribution in [2.45, 2.75) is 32.7 Å². The fourth-order valence-corrected chi connectivity index (χ4v) is 3.47. The molecule has 0 aliphatic carbocycles. The van der Waals surface area contributed by atoms with Gasteiger partial charge in [0.25, 0.3) is 0 Å². The van der Waals surface area contributed by atoms with Crippen molar-refractivity contribution >= 4 is 0 Å². The minimum Gasteiger partial charge on any atom is -0.338 e. The highest BCUT2D eigenvalue weighted by Gasteiger charge is 2.11. The summed E-state index contributed by atoms with van der Waals surface area (Å²) in [5.74, 6) is 1.99. The van der Waals surface area contributed by atoms with E-state index < -0.39 is 0 Å². The first-order chi connectivity index (χ1) is 13.8. The normalized spacial score (nSPS) is 15.0. The molecule has 0 bridgehead atoms. The van der Waals surface area contributed by atoms with Crippen molar-refractivity contribution in [2.24, 2.45) is 0 Å². The molecule has 0 amide bonds. The summed E-state index contributed by atoms with van der Waals surface area (Å²) < 4.78 is 5.38. The fourth-order valence-electron chi connectivity index (χ4n) is 3.47. The van der Waals surface area contributed by atoms with Gasteiger partial charge in [0.1, 0.15) is 5.82 Å². The number of likely N-dealkylation sites (tertiary alicyclic amines) is 1. The Bertz CT molecular complexity index is 886. The molecule has 7 nitrogen and oxygen atoms in total. The lowest BCUT2D eigenvalue weighted by Gasteiger charge is -2.26. The van der Waals surface area contributed by atoms with E-state index >= 15 is 0 Å². The molecule has 1 N–H and O–H groups in total. The topological polar surface area (TPSA) is 80.0 Å². The maximum Gasteiger partial charge on any atom is 0.240 e. The summed E-state index contributed by atoms with van der Waals surface area (Å²) >= 11 is 0. The van der Waals surface area contributed by atoms with E-state index in [9.17, 15) is 0 Å². The van der Waals surface area contributed by atoms with Gasteiger partial charge in [0.05, 0.1) is 12.2 Å². The van der Waals surface area contributed by atoms with Crippen LogP contribution in [0.5, 0.6) is 0 Å². The molecule has 3 aromatic rings. The van der Waals surface area contributed by atoms with E-state index in [0.717, 1.165) is 35.7 Å². The van der Waals surface area contributed by atoms with Crippen molar-refractivity contribution in [3.63, 3.8) is 0 Å². The van der Waals surface area contributed by atoms with Gasteiger partial charge in [-0.25, -0.2) is 9.97 Å². The van der Waals surface area contributed by atoms with E-state index in [1.54, 1.807) is 6.20 Å². The van der Waals surface area contributed by atoms with Crippen LogP contribution in [0.25, 0.3) is 22.6 Å². The number of hydrogen-bond acceptors (Lipinski definition) is 7. The molecule has 0 radical (unpaired) electrons. The molecule has 1 aliphatic rings. The summed E-state index contributed by atoms with van der Waals surface area (Å²) in [5, 5.41) is 7.51. The third kappa shape index (κ3) is 4.79. The minimum atomic E-state index is 0.596. The van der Waals surface area contributed by atoms with E-state index in [2.05, 4.69) is 30.3 Å². The van der Waals surface area contributed by atoms with Crippen molar-refractivity contribution in [1.29, 1.82) is 0 Å². The SMILES string of the molecule is Cc1nccc(-c2ccc(-c3noc(CNCCN4CCCCC4)n3)cc2)n1. The molecule has 1 aliphatic heterocycles. The van der Waals surface area contributed by atoms with Gasteiger partial charge >= 0.3 is 0 Å². The Labute approximate surface area is 165 Å². The number of benzene rings is 1. The molecule has 4 rings (SSSR count). The van der Waals surface area contributed by atoms with Crippen LogP contribution in [0.15, 0.2) is 41.1 Å². The number of hydrogen-bond donors (Lipinski definition) is 1. The molecule has 0 saturated carbocycles. The molecule has 0 atom stereocenters. The zero-order valence-corrected chi connectivity index (χ0v) is 16.3. The van der Waals surface area contributed by atoms with Gasteiger partial charge in [-0.15, -0.1) is 0 Å². The third-order valence-electron chi connectivity index (χ3n) is 5.01. The molecule has 28 heavy (non-hydrogen) atoms. The monoisotopic (exact) mass is 378 g/mol. The minimum absolute atomic E-state index is 0.596. The molecule has 146 valence electrons. The predicted molar refractivity (Wildman–Crippen MR) is 107 cm³/mol. The Balaban J connectivity index is 1.31. The Kier molecular flexibility index (Phi) is 6.04. The maximum absolute atomic E-state index is 5.38. The van der Waals surface area contributed by atoms with Gasteiger partial charge < -0.3 is 14.7 Å². The maximum atomic E-state index is 5.38. The van der Waals surface area contributed by atoms with E-state index in [0.29, 0.717) is 18.3 Å². The van der Waals surface area contributed by atoms with E-state index in [-0.39, 0.29) is 0 Å². The van der Waals surface area contributed by atoms with Crippen LogP contribution in [0, 0.1) is 6.92 Å². The summed E-state index contributed by atoms with van der Waals surface area (Å²) in [7, 11) is 0. The van der Waals surface area contributed by atoms with Gasteiger partial charge in [-0.05, 0) is 38.9 Å². The number of rotatable bonds is 7. The van der Waals surface area contributed by atoms with Gasteiger partial charge in [0, 0.05) is 30.4 Å². The number of piperidine rings is 1. The van der Waals surface area contributed by atoms with Crippen molar-refractivity contribution in [2.75, 3.05) is 26.2 Å². The second kappa shape index (κ2) is 9.03. The zero-order chi connectivity index (χ0) is 19.2. The van der Waals surface area contributed by atoms with Crippen LogP contribution < -0.4 is 5.32 Å². The smallest absolute Gasteiger partial charge is 0.240 e. The van der Waals surface area contributed by atoms with Crippen molar-refractivity contribution in [1.82, 2.24) is 30.3 Å². The van der Waals surface area contributed by atoms with Crippen LogP contribution in [-0.2, 0) is 6.54 Å². The lowest BCUT2D eigenvalue weighted by atomic mass is 10.1. The predicted octanol–water partition coefficient (Wildman–Crippen LogP) is 3.08. The highest BCUT2D eigenvalue weighted by molar-refractivity contribution is 5.64. The first-order valence-electron chi connectivity index (χ1n) is 9.94. The van der Waals surface area contributed by atoms with Gasteiger partial charge in [-0.2, -0.15) is 4.98 Å². The summed E-state index contributed by atoms with van der Waals surface area (Å²) in [6.07, 6.45) is 5.79. The molecule has 1 fully saturated rings. The quantitative estimate of drug-likeness (QED) is 0.633. The third-order valence-corrected chi connectivity index (χ3v) is 5.01. The van der Waals surface area contributed by atoms with Crippen LogP contribution in [0.4, 0.5) is 0 Å². The molecular weight excluding hydrogens is 352 g/mol. The molecule has 3 heterocycles. The van der Waals surface area contributed by atoms with Gasteiger partial charge in [0.2, 0.25) is 11.7 Å². The Morgan fingerprint density at radius 3 is 2.57 bits per heavy atom. The molecular formula is C21H26N6O. The number of nitrogens with one attached hydrogen (secondary N) is 1. The Hall–Kier alpha value is -2.64. The average Bonchev–Trinajstić information content (AvgIpc) is 3.21. The van der Waals surface area contributed by atoms with Gasteiger partial charge in [-0.1, -0.05) is 35.8 Å². The number of nitrogens with zero attached hydrogens (tertiary/aromatic N) is 5. The standard InChI is InChI=1S/C21H26N6O/c1-16-23-10-9-19(24-16)17-5-7-18(8-6-17)21-25-20(28-26-21)15-22-11-14-27-12-3-2-4-13-27/h5-10,22H,2-4,11-15H2,1H3. The summed E-state index contributed by atoms with van der Waals surface area (Å²) in [6, 6.07) is 9.93. The molecule has 0 spiro atoms. The first-order valence-corrected chi connectivity index (χ1v) is 9.94. The van der Waals surface area contributed by atoms with Crippen molar-refractivity contribution in [3.8, 4) is 22.6 Å². The lowest BCUT2D eigenvalue weighted by molar-refractivity contribution is 0.227. The molecule has 0 unspecified atom stereocenters. The van der Waals surface area contributed by atoms with E-state index in [1.165, 1.54) is 32.4 Å². The molecule has 7 heteroatoms. The van der Waals surface area contributed by atoms with Crippen molar-refractivity contribution in [3.05, 3.63) is 48.2 Å². The van der Waals surface area contributed by atoms with Crippen molar-refractivity contribution < 1.29 is 4.52 Å². The zero-order valence-electron chi connectivity index (χ0n) is 16.3. The Morgan fingerprint density at radius 2 is 1.79 bits per heavy atom. The van der Waals surface area contributed by atoms with E-state index in [1.807, 2.05) is 37.3 Å².